The molecule has 0 aliphatic carbocycles. The molecule has 1 rings (SSSR count). The highest BCUT2D eigenvalue weighted by molar-refractivity contribution is 9.06. The van der Waals surface area contributed by atoms with E-state index in [9.17, 15) is 15.0 Å². The normalized spacial score (nSPS) is 10.1. The van der Waals surface area contributed by atoms with Crippen molar-refractivity contribution in [2.45, 2.75) is 20.8 Å². The number of hydrogen-bond acceptors (Lipinski definition) is 4. The Morgan fingerprint density at radius 1 is 1.07 bits per heavy atom. The minimum atomic E-state index is -0.733. The van der Waals surface area contributed by atoms with Crippen LogP contribution >= 0.6 is 16.3 Å². The average Bonchev–Trinajstić information content (AvgIpc) is 2.23. The van der Waals surface area contributed by atoms with Crippen LogP contribution in [0.5, 0.6) is 11.5 Å². The maximum Gasteiger partial charge on any atom is 0.353 e. The van der Waals surface area contributed by atoms with Crippen molar-refractivity contribution >= 4 is 22.2 Å². The first-order chi connectivity index (χ1) is 6.91. The molecule has 5 heteroatoms. The van der Waals surface area contributed by atoms with Crippen LogP contribution in [-0.4, -0.2) is 16.2 Å². The summed E-state index contributed by atoms with van der Waals surface area (Å²) in [6.07, 6.45) is 0. The van der Waals surface area contributed by atoms with E-state index in [1.54, 1.807) is 20.8 Å². The first-order valence-corrected chi connectivity index (χ1v) is 4.91. The second-order valence-corrected chi connectivity index (χ2v) is 3.64. The van der Waals surface area contributed by atoms with E-state index in [-0.39, 0.29) is 11.3 Å². The zero-order valence-corrected chi connectivity index (χ0v) is 10.2. The van der Waals surface area contributed by atoms with Gasteiger partial charge < -0.3 is 14.0 Å². The fraction of sp³-hybridized carbons (Fsp3) is 0.300. The smallest absolute Gasteiger partial charge is 0.353 e. The molecule has 4 nitrogen and oxygen atoms in total. The number of phenols is 2. The molecular weight excluding hydrogens is 264 g/mol. The summed E-state index contributed by atoms with van der Waals surface area (Å²) in [5, 5.41) is 19.2. The van der Waals surface area contributed by atoms with Crippen LogP contribution in [0.1, 0.15) is 27.0 Å². The van der Waals surface area contributed by atoms with Crippen LogP contribution in [-0.2, 0) is 3.83 Å². The Bertz CT molecular complexity index is 397. The Morgan fingerprint density at radius 3 is 2.07 bits per heavy atom. The number of aromatic hydroxyl groups is 2. The largest absolute Gasteiger partial charge is 0.504 e. The van der Waals surface area contributed by atoms with Gasteiger partial charge in [-0.2, -0.15) is 0 Å². The second-order valence-electron chi connectivity index (χ2n) is 3.31. The first kappa shape index (κ1) is 11.8. The number of carbonyl (C=O) groups excluding carboxylic acids is 1. The summed E-state index contributed by atoms with van der Waals surface area (Å²) < 4.78 is 4.35. The Kier molecular flexibility index (Phi) is 3.24. The lowest BCUT2D eigenvalue weighted by Gasteiger charge is -2.13. The molecule has 0 aliphatic rings. The summed E-state index contributed by atoms with van der Waals surface area (Å²) in [5.74, 6) is -1.46. The Balaban J connectivity index is 3.60. The molecule has 0 aliphatic heterocycles. The van der Waals surface area contributed by atoms with E-state index in [0.717, 1.165) is 5.56 Å². The second kappa shape index (κ2) is 4.10. The molecule has 0 bridgehead atoms. The highest BCUT2D eigenvalue weighted by Gasteiger charge is 2.22. The van der Waals surface area contributed by atoms with Crippen molar-refractivity contribution in [2.24, 2.45) is 0 Å². The number of phenolic OH excluding ortho intramolecular Hbond substituents is 2. The van der Waals surface area contributed by atoms with Gasteiger partial charge in [-0.05, 0) is 37.5 Å². The lowest BCUT2D eigenvalue weighted by molar-refractivity contribution is 0.0777. The highest BCUT2D eigenvalue weighted by atomic mass is 79.9. The van der Waals surface area contributed by atoms with Crippen molar-refractivity contribution in [3.8, 4) is 11.5 Å². The molecule has 0 spiro atoms. The molecule has 82 valence electrons. The Morgan fingerprint density at radius 2 is 1.60 bits per heavy atom. The van der Waals surface area contributed by atoms with Gasteiger partial charge in [0.25, 0.3) is 0 Å². The van der Waals surface area contributed by atoms with Gasteiger partial charge in [-0.1, -0.05) is 0 Å². The van der Waals surface area contributed by atoms with E-state index in [1.165, 1.54) is 0 Å². The Labute approximate surface area is 95.9 Å². The van der Waals surface area contributed by atoms with Gasteiger partial charge in [0.2, 0.25) is 0 Å². The molecule has 0 atom stereocenters. The van der Waals surface area contributed by atoms with Crippen LogP contribution in [0.15, 0.2) is 0 Å². The highest BCUT2D eigenvalue weighted by Crippen LogP contribution is 2.37. The van der Waals surface area contributed by atoms with E-state index >= 15 is 0 Å². The lowest BCUT2D eigenvalue weighted by Crippen LogP contribution is -2.04. The molecule has 1 aromatic carbocycles. The standard InChI is InChI=1S/C10H11BrO4/c1-4-5(2)7(10(14)15-11)9(13)8(12)6(4)3/h12-13H,1-3H3. The van der Waals surface area contributed by atoms with Gasteiger partial charge in [0.15, 0.2) is 27.8 Å². The minimum absolute atomic E-state index is 0.0209. The molecule has 0 saturated carbocycles. The minimum Gasteiger partial charge on any atom is -0.504 e. The zero-order chi connectivity index (χ0) is 11.7. The average molecular weight is 275 g/mol. The molecule has 0 fully saturated rings. The molecule has 2 N–H and O–H groups in total. The third-order valence-corrected chi connectivity index (χ3v) is 2.88. The van der Waals surface area contributed by atoms with Gasteiger partial charge in [0.05, 0.1) is 0 Å². The van der Waals surface area contributed by atoms with Crippen LogP contribution in [0, 0.1) is 20.8 Å². The summed E-state index contributed by atoms with van der Waals surface area (Å²) in [7, 11) is 0. The molecule has 0 unspecified atom stereocenters. The van der Waals surface area contributed by atoms with Crippen LogP contribution in [0.3, 0.4) is 0 Å². The topological polar surface area (TPSA) is 66.8 Å². The number of benzene rings is 1. The summed E-state index contributed by atoms with van der Waals surface area (Å²) in [5.41, 5.74) is 1.87. The van der Waals surface area contributed by atoms with Gasteiger partial charge >= 0.3 is 5.97 Å². The van der Waals surface area contributed by atoms with Crippen LogP contribution in [0.4, 0.5) is 0 Å². The fourth-order valence-corrected chi connectivity index (χ4v) is 1.57. The van der Waals surface area contributed by atoms with Crippen LogP contribution in [0.25, 0.3) is 0 Å². The van der Waals surface area contributed by atoms with E-state index in [0.29, 0.717) is 11.1 Å². The van der Waals surface area contributed by atoms with E-state index in [1.807, 2.05) is 0 Å². The molecule has 0 saturated heterocycles. The predicted molar refractivity (Wildman–Crippen MR) is 58.3 cm³/mol. The quantitative estimate of drug-likeness (QED) is 0.773. The van der Waals surface area contributed by atoms with Gasteiger partial charge in [-0.25, -0.2) is 4.79 Å². The maximum atomic E-state index is 11.3. The maximum absolute atomic E-state index is 11.3. The molecular formula is C10H11BrO4. The Hall–Kier alpha value is -1.23. The monoisotopic (exact) mass is 274 g/mol. The van der Waals surface area contributed by atoms with Gasteiger partial charge in [0, 0.05) is 0 Å². The zero-order valence-electron chi connectivity index (χ0n) is 8.59. The predicted octanol–water partition coefficient (Wildman–Crippen LogP) is 2.49. The number of rotatable bonds is 1. The molecule has 1 aromatic rings. The third-order valence-electron chi connectivity index (χ3n) is 2.59. The van der Waals surface area contributed by atoms with Crippen LogP contribution in [0.2, 0.25) is 0 Å². The summed E-state index contributed by atoms with van der Waals surface area (Å²) in [6.45, 7) is 5.11. The lowest BCUT2D eigenvalue weighted by atomic mass is 9.97. The van der Waals surface area contributed by atoms with Crippen molar-refractivity contribution < 1.29 is 18.8 Å². The summed E-state index contributed by atoms with van der Waals surface area (Å²) in [6, 6.07) is 0. The van der Waals surface area contributed by atoms with Crippen molar-refractivity contribution in [3.05, 3.63) is 22.3 Å². The molecule has 0 radical (unpaired) electrons. The molecule has 0 heterocycles. The van der Waals surface area contributed by atoms with Crippen molar-refractivity contribution in [3.63, 3.8) is 0 Å². The van der Waals surface area contributed by atoms with E-state index in [4.69, 9.17) is 0 Å². The third kappa shape index (κ3) is 1.79. The summed E-state index contributed by atoms with van der Waals surface area (Å²) >= 11 is 2.55. The SMILES string of the molecule is Cc1c(C)c(O)c(O)c(C(=O)OBr)c1C. The van der Waals surface area contributed by atoms with Crippen molar-refractivity contribution in [2.75, 3.05) is 0 Å². The summed E-state index contributed by atoms with van der Waals surface area (Å²) in [4.78, 5) is 11.3. The fourth-order valence-electron chi connectivity index (χ4n) is 1.41. The van der Waals surface area contributed by atoms with Gasteiger partial charge in [0.1, 0.15) is 5.56 Å². The van der Waals surface area contributed by atoms with E-state index in [2.05, 4.69) is 20.1 Å². The van der Waals surface area contributed by atoms with Gasteiger partial charge in [-0.15, -0.1) is 0 Å². The van der Waals surface area contributed by atoms with Crippen LogP contribution < -0.4 is 0 Å². The number of hydrogen-bond donors (Lipinski definition) is 2. The molecule has 0 amide bonds. The number of halogens is 1. The van der Waals surface area contributed by atoms with Crippen molar-refractivity contribution in [1.82, 2.24) is 0 Å². The number of carbonyl (C=O) groups is 1. The van der Waals surface area contributed by atoms with E-state index < -0.39 is 11.7 Å². The molecule has 0 aromatic heterocycles. The molecule has 15 heavy (non-hydrogen) atoms. The van der Waals surface area contributed by atoms with Gasteiger partial charge in [-0.3, -0.25) is 0 Å². The first-order valence-electron chi connectivity index (χ1n) is 4.26. The van der Waals surface area contributed by atoms with Crippen molar-refractivity contribution in [1.29, 1.82) is 0 Å².